The minimum absolute atomic E-state index is 0.0594. The molecule has 1 amide bonds. The summed E-state index contributed by atoms with van der Waals surface area (Å²) < 4.78 is 10.5. The van der Waals surface area contributed by atoms with Gasteiger partial charge in [0.2, 0.25) is 12.7 Å². The number of nitrogens with one attached hydrogen (secondary N) is 1. The molecule has 1 fully saturated rings. The summed E-state index contributed by atoms with van der Waals surface area (Å²) in [4.78, 5) is 28.1. The van der Waals surface area contributed by atoms with Crippen molar-refractivity contribution in [2.45, 2.75) is 6.42 Å². The lowest BCUT2D eigenvalue weighted by atomic mass is 10.0. The molecule has 0 saturated carbocycles. The van der Waals surface area contributed by atoms with Crippen molar-refractivity contribution in [2.24, 2.45) is 5.92 Å². The molecule has 8 nitrogen and oxygen atoms in total. The molecule has 2 aliphatic heterocycles. The predicted molar refractivity (Wildman–Crippen MR) is 90.9 cm³/mol. The number of rotatable bonds is 6. The molecule has 1 aromatic carbocycles. The molecule has 136 valence electrons. The second-order valence-electron chi connectivity index (χ2n) is 6.46. The minimum atomic E-state index is -0.945. The van der Waals surface area contributed by atoms with Crippen molar-refractivity contribution in [1.82, 2.24) is 9.80 Å². The lowest BCUT2D eigenvalue weighted by Gasteiger charge is -2.33. The van der Waals surface area contributed by atoms with Crippen molar-refractivity contribution in [3.05, 3.63) is 18.2 Å². The minimum Gasteiger partial charge on any atom is -0.481 e. The first kappa shape index (κ1) is 17.5. The summed E-state index contributed by atoms with van der Waals surface area (Å²) >= 11 is 0. The van der Waals surface area contributed by atoms with E-state index < -0.39 is 11.9 Å². The van der Waals surface area contributed by atoms with E-state index in [1.54, 1.807) is 18.2 Å². The van der Waals surface area contributed by atoms with Crippen LogP contribution in [0.4, 0.5) is 5.69 Å². The lowest BCUT2D eigenvalue weighted by molar-refractivity contribution is -0.144. The zero-order chi connectivity index (χ0) is 17.8. The van der Waals surface area contributed by atoms with Gasteiger partial charge in [-0.15, -0.1) is 0 Å². The molecule has 1 aromatic rings. The van der Waals surface area contributed by atoms with Crippen molar-refractivity contribution in [3.8, 4) is 11.5 Å². The number of carbonyl (C=O) groups excluding carboxylic acids is 1. The van der Waals surface area contributed by atoms with Crippen molar-refractivity contribution in [3.63, 3.8) is 0 Å². The third-order valence-electron chi connectivity index (χ3n) is 4.51. The van der Waals surface area contributed by atoms with Crippen LogP contribution in [0.25, 0.3) is 0 Å². The highest BCUT2D eigenvalue weighted by Gasteiger charge is 2.26. The highest BCUT2D eigenvalue weighted by molar-refractivity contribution is 5.93. The van der Waals surface area contributed by atoms with Crippen LogP contribution in [0.1, 0.15) is 6.42 Å². The molecule has 0 bridgehead atoms. The number of nitrogens with zero attached hydrogens (tertiary/aromatic N) is 2. The standard InChI is InChI=1S/C17H23N3O5/c1-19-4-6-20(7-5-19)10-12(17(22)23)8-16(21)18-13-2-3-14-15(9-13)25-11-24-14/h2-3,9,12H,4-8,10-11H2,1H3,(H,18,21)(H,22,23)/t12-/m0/s1. The first-order valence-corrected chi connectivity index (χ1v) is 8.34. The van der Waals surface area contributed by atoms with Crippen molar-refractivity contribution >= 4 is 17.6 Å². The normalized spacial score (nSPS) is 18.8. The Labute approximate surface area is 146 Å². The summed E-state index contributed by atoms with van der Waals surface area (Å²) in [5, 5.41) is 12.2. The Bertz CT molecular complexity index is 643. The number of hydrogen-bond acceptors (Lipinski definition) is 6. The molecular formula is C17H23N3O5. The van der Waals surface area contributed by atoms with Crippen LogP contribution >= 0.6 is 0 Å². The summed E-state index contributed by atoms with van der Waals surface area (Å²) in [6.07, 6.45) is -0.0594. The number of carboxylic acid groups (broad SMARTS) is 1. The van der Waals surface area contributed by atoms with Crippen LogP contribution < -0.4 is 14.8 Å². The van der Waals surface area contributed by atoms with E-state index >= 15 is 0 Å². The van der Waals surface area contributed by atoms with Gasteiger partial charge in [0.25, 0.3) is 0 Å². The molecule has 0 radical (unpaired) electrons. The highest BCUT2D eigenvalue weighted by atomic mass is 16.7. The van der Waals surface area contributed by atoms with E-state index in [0.29, 0.717) is 23.7 Å². The largest absolute Gasteiger partial charge is 0.481 e. The number of anilines is 1. The Kier molecular flexibility index (Phi) is 5.40. The van der Waals surface area contributed by atoms with Crippen LogP contribution in [0.3, 0.4) is 0 Å². The molecule has 2 N–H and O–H groups in total. The maximum absolute atomic E-state index is 12.2. The summed E-state index contributed by atoms with van der Waals surface area (Å²) in [5.41, 5.74) is 0.568. The van der Waals surface area contributed by atoms with E-state index in [1.165, 1.54) is 0 Å². The van der Waals surface area contributed by atoms with Gasteiger partial charge in [0.15, 0.2) is 11.5 Å². The van der Waals surface area contributed by atoms with E-state index in [2.05, 4.69) is 15.1 Å². The fraction of sp³-hybridized carbons (Fsp3) is 0.529. The molecule has 8 heteroatoms. The summed E-state index contributed by atoms with van der Waals surface area (Å²) in [6.45, 7) is 4.02. The molecule has 0 unspecified atom stereocenters. The van der Waals surface area contributed by atoms with Gasteiger partial charge >= 0.3 is 5.97 Å². The van der Waals surface area contributed by atoms with E-state index in [-0.39, 0.29) is 19.1 Å². The number of piperazine rings is 1. The molecule has 3 rings (SSSR count). The fourth-order valence-electron chi connectivity index (χ4n) is 2.98. The van der Waals surface area contributed by atoms with Gasteiger partial charge in [0.05, 0.1) is 5.92 Å². The smallest absolute Gasteiger partial charge is 0.308 e. The van der Waals surface area contributed by atoms with Crippen LogP contribution in [0.2, 0.25) is 0 Å². The number of aliphatic carboxylic acids is 1. The first-order chi connectivity index (χ1) is 12.0. The Balaban J connectivity index is 1.54. The fourth-order valence-corrected chi connectivity index (χ4v) is 2.98. The number of carbonyl (C=O) groups is 2. The molecule has 0 spiro atoms. The Morgan fingerprint density at radius 2 is 1.92 bits per heavy atom. The second-order valence-corrected chi connectivity index (χ2v) is 6.46. The maximum atomic E-state index is 12.2. The monoisotopic (exact) mass is 349 g/mol. The van der Waals surface area contributed by atoms with Gasteiger partial charge in [0.1, 0.15) is 0 Å². The molecule has 0 aliphatic carbocycles. The van der Waals surface area contributed by atoms with E-state index in [4.69, 9.17) is 9.47 Å². The zero-order valence-corrected chi connectivity index (χ0v) is 14.2. The quantitative estimate of drug-likeness (QED) is 0.781. The van der Waals surface area contributed by atoms with E-state index in [9.17, 15) is 14.7 Å². The van der Waals surface area contributed by atoms with Crippen molar-refractivity contribution < 1.29 is 24.2 Å². The van der Waals surface area contributed by atoms with E-state index in [1.807, 2.05) is 7.05 Å². The number of fused-ring (bicyclic) bond motifs is 1. The number of ether oxygens (including phenoxy) is 2. The van der Waals surface area contributed by atoms with Gasteiger partial charge in [-0.1, -0.05) is 0 Å². The van der Waals surface area contributed by atoms with Crippen LogP contribution in [0, 0.1) is 5.92 Å². The molecule has 1 saturated heterocycles. The van der Waals surface area contributed by atoms with Gasteiger partial charge in [-0.25, -0.2) is 0 Å². The number of hydrogen-bond donors (Lipinski definition) is 2. The van der Waals surface area contributed by atoms with E-state index in [0.717, 1.165) is 26.2 Å². The van der Waals surface area contributed by atoms with Gasteiger partial charge in [0, 0.05) is 50.9 Å². The van der Waals surface area contributed by atoms with Crippen molar-refractivity contribution in [2.75, 3.05) is 51.9 Å². The van der Waals surface area contributed by atoms with Gasteiger partial charge in [-0.3, -0.25) is 14.5 Å². The number of likely N-dealkylation sites (N-methyl/N-ethyl adjacent to an activating group) is 1. The molecule has 0 aromatic heterocycles. The van der Waals surface area contributed by atoms with Crippen molar-refractivity contribution in [1.29, 1.82) is 0 Å². The van der Waals surface area contributed by atoms with Gasteiger partial charge in [-0.05, 0) is 19.2 Å². The van der Waals surface area contributed by atoms with Crippen LogP contribution in [0.5, 0.6) is 11.5 Å². The first-order valence-electron chi connectivity index (χ1n) is 8.34. The Morgan fingerprint density at radius 3 is 2.64 bits per heavy atom. The molecule has 1 atom stereocenters. The Hall–Kier alpha value is -2.32. The molecule has 2 heterocycles. The predicted octanol–water partition coefficient (Wildman–Crippen LogP) is 0.692. The molecular weight excluding hydrogens is 326 g/mol. The van der Waals surface area contributed by atoms with Crippen LogP contribution in [0.15, 0.2) is 18.2 Å². The van der Waals surface area contributed by atoms with Crippen LogP contribution in [-0.2, 0) is 9.59 Å². The summed E-state index contributed by atoms with van der Waals surface area (Å²) in [7, 11) is 2.05. The number of carboxylic acids is 1. The second kappa shape index (κ2) is 7.71. The lowest BCUT2D eigenvalue weighted by Crippen LogP contribution is -2.47. The third kappa shape index (κ3) is 4.61. The zero-order valence-electron chi connectivity index (χ0n) is 14.2. The maximum Gasteiger partial charge on any atom is 0.308 e. The van der Waals surface area contributed by atoms with Gasteiger partial charge < -0.3 is 24.8 Å². The summed E-state index contributed by atoms with van der Waals surface area (Å²) in [5.74, 6) is -0.779. The topological polar surface area (TPSA) is 91.3 Å². The molecule has 25 heavy (non-hydrogen) atoms. The average molecular weight is 349 g/mol. The molecule has 2 aliphatic rings. The Morgan fingerprint density at radius 1 is 1.20 bits per heavy atom. The van der Waals surface area contributed by atoms with Gasteiger partial charge in [-0.2, -0.15) is 0 Å². The highest BCUT2D eigenvalue weighted by Crippen LogP contribution is 2.34. The van der Waals surface area contributed by atoms with Crippen LogP contribution in [-0.4, -0.2) is 73.3 Å². The number of amides is 1. The third-order valence-corrected chi connectivity index (χ3v) is 4.51. The summed E-state index contributed by atoms with van der Waals surface area (Å²) in [6, 6.07) is 5.11. The SMILES string of the molecule is CN1CCN(C[C@H](CC(=O)Nc2ccc3c(c2)OCO3)C(=O)O)CC1. The average Bonchev–Trinajstić information content (AvgIpc) is 3.03. The number of benzene rings is 1.